The van der Waals surface area contributed by atoms with E-state index in [0.717, 1.165) is 17.8 Å². The Kier molecular flexibility index (Phi) is 4.84. The predicted octanol–water partition coefficient (Wildman–Crippen LogP) is 3.31. The van der Waals surface area contributed by atoms with Gasteiger partial charge in [-0.1, -0.05) is 18.2 Å². The Bertz CT molecular complexity index is 909. The number of fused-ring (bicyclic) bond motifs is 1. The molecule has 0 bridgehead atoms. The van der Waals surface area contributed by atoms with Crippen molar-refractivity contribution >= 4 is 28.7 Å². The molecule has 0 aliphatic heterocycles. The summed E-state index contributed by atoms with van der Waals surface area (Å²) in [7, 11) is 1.81. The third-order valence-corrected chi connectivity index (χ3v) is 4.22. The van der Waals surface area contributed by atoms with Crippen molar-refractivity contribution < 1.29 is 4.79 Å². The Morgan fingerprint density at radius 1 is 1.28 bits per heavy atom. The molecule has 3 aromatic rings. The number of nitrogens with two attached hydrogens (primary N) is 1. The van der Waals surface area contributed by atoms with Gasteiger partial charge in [-0.15, -0.1) is 0 Å². The number of nitrogen functional groups attached to an aromatic ring is 1. The standard InChI is InChI=1S/C20H22N4O/c1-3-24-17(12-16-6-4-5-7-18(16)24)14-23(2)20(25)11-9-15-8-10-19(21)22-13-15/h4-13H,3,14H2,1-2H3,(H2,21,22)/b11-9+. The summed E-state index contributed by atoms with van der Waals surface area (Å²) in [6, 6.07) is 14.0. The highest BCUT2D eigenvalue weighted by Crippen LogP contribution is 2.20. The molecule has 0 spiro atoms. The van der Waals surface area contributed by atoms with Gasteiger partial charge in [-0.2, -0.15) is 0 Å². The SMILES string of the molecule is CCn1c(CN(C)C(=O)/C=C/c2ccc(N)nc2)cc2ccccc21. The molecule has 2 heterocycles. The Hall–Kier alpha value is -3.08. The van der Waals surface area contributed by atoms with Crippen LogP contribution in [-0.2, 0) is 17.9 Å². The fourth-order valence-corrected chi connectivity index (χ4v) is 2.90. The maximum absolute atomic E-state index is 12.4. The predicted molar refractivity (Wildman–Crippen MR) is 102 cm³/mol. The lowest BCUT2D eigenvalue weighted by Crippen LogP contribution is -2.25. The van der Waals surface area contributed by atoms with Crippen molar-refractivity contribution in [1.29, 1.82) is 0 Å². The number of aryl methyl sites for hydroxylation is 1. The Morgan fingerprint density at radius 3 is 2.80 bits per heavy atom. The lowest BCUT2D eigenvalue weighted by molar-refractivity contribution is -0.125. The highest BCUT2D eigenvalue weighted by molar-refractivity contribution is 5.91. The molecule has 5 nitrogen and oxygen atoms in total. The third kappa shape index (κ3) is 3.71. The minimum Gasteiger partial charge on any atom is -0.384 e. The van der Waals surface area contributed by atoms with E-state index in [9.17, 15) is 4.79 Å². The Balaban J connectivity index is 1.74. The maximum Gasteiger partial charge on any atom is 0.246 e. The van der Waals surface area contributed by atoms with E-state index in [0.29, 0.717) is 12.4 Å². The monoisotopic (exact) mass is 334 g/mol. The molecule has 0 aliphatic rings. The number of para-hydroxylation sites is 1. The highest BCUT2D eigenvalue weighted by Gasteiger charge is 2.11. The quantitative estimate of drug-likeness (QED) is 0.728. The van der Waals surface area contributed by atoms with Gasteiger partial charge in [0.25, 0.3) is 0 Å². The van der Waals surface area contributed by atoms with Crippen molar-refractivity contribution in [2.75, 3.05) is 12.8 Å². The molecule has 5 heteroatoms. The molecule has 1 aromatic carbocycles. The largest absolute Gasteiger partial charge is 0.384 e. The summed E-state index contributed by atoms with van der Waals surface area (Å²) >= 11 is 0. The van der Waals surface area contributed by atoms with Crippen molar-refractivity contribution in [2.45, 2.75) is 20.0 Å². The van der Waals surface area contributed by atoms with Crippen LogP contribution in [0, 0.1) is 0 Å². The first-order valence-electron chi connectivity index (χ1n) is 8.30. The van der Waals surface area contributed by atoms with Crippen LogP contribution in [-0.4, -0.2) is 27.4 Å². The zero-order chi connectivity index (χ0) is 17.8. The van der Waals surface area contributed by atoms with Crippen LogP contribution in [0.15, 0.2) is 54.7 Å². The number of aromatic nitrogens is 2. The van der Waals surface area contributed by atoms with E-state index in [4.69, 9.17) is 5.73 Å². The van der Waals surface area contributed by atoms with E-state index < -0.39 is 0 Å². The van der Waals surface area contributed by atoms with Crippen LogP contribution in [0.3, 0.4) is 0 Å². The molecule has 0 saturated heterocycles. The van der Waals surface area contributed by atoms with Gasteiger partial charge < -0.3 is 15.2 Å². The van der Waals surface area contributed by atoms with Crippen LogP contribution in [0.4, 0.5) is 5.82 Å². The van der Waals surface area contributed by atoms with Gasteiger partial charge in [0.1, 0.15) is 5.82 Å². The van der Waals surface area contributed by atoms with Crippen LogP contribution in [0.2, 0.25) is 0 Å². The lowest BCUT2D eigenvalue weighted by Gasteiger charge is -2.17. The summed E-state index contributed by atoms with van der Waals surface area (Å²) in [5, 5.41) is 1.20. The summed E-state index contributed by atoms with van der Waals surface area (Å²) in [6.07, 6.45) is 4.96. The minimum atomic E-state index is -0.0512. The van der Waals surface area contributed by atoms with Crippen LogP contribution < -0.4 is 5.73 Å². The normalized spacial score (nSPS) is 11.3. The molecule has 0 atom stereocenters. The number of carbonyl (C=O) groups is 1. The van der Waals surface area contributed by atoms with E-state index in [1.54, 1.807) is 29.3 Å². The fraction of sp³-hybridized carbons (Fsp3) is 0.200. The van der Waals surface area contributed by atoms with Crippen molar-refractivity contribution in [3.05, 3.63) is 66.0 Å². The molecule has 0 radical (unpaired) electrons. The number of hydrogen-bond donors (Lipinski definition) is 1. The van der Waals surface area contributed by atoms with Crippen molar-refractivity contribution in [2.24, 2.45) is 0 Å². The van der Waals surface area contributed by atoms with Gasteiger partial charge in [0.15, 0.2) is 0 Å². The molecule has 2 N–H and O–H groups in total. The van der Waals surface area contributed by atoms with Crippen LogP contribution >= 0.6 is 0 Å². The van der Waals surface area contributed by atoms with Crippen LogP contribution in [0.1, 0.15) is 18.2 Å². The molecule has 3 rings (SSSR count). The van der Waals surface area contributed by atoms with Gasteiger partial charge in [0.2, 0.25) is 5.91 Å². The number of hydrogen-bond acceptors (Lipinski definition) is 3. The number of pyridine rings is 1. The molecular weight excluding hydrogens is 312 g/mol. The zero-order valence-corrected chi connectivity index (χ0v) is 14.5. The summed E-state index contributed by atoms with van der Waals surface area (Å²) in [5.74, 6) is 0.415. The zero-order valence-electron chi connectivity index (χ0n) is 14.5. The van der Waals surface area contributed by atoms with Crippen molar-refractivity contribution in [1.82, 2.24) is 14.5 Å². The maximum atomic E-state index is 12.4. The summed E-state index contributed by atoms with van der Waals surface area (Å²) in [4.78, 5) is 18.1. The molecule has 0 unspecified atom stereocenters. The van der Waals surface area contributed by atoms with Crippen molar-refractivity contribution in [3.8, 4) is 0 Å². The van der Waals surface area contributed by atoms with E-state index >= 15 is 0 Å². The average molecular weight is 334 g/mol. The van der Waals surface area contributed by atoms with E-state index in [2.05, 4.69) is 34.7 Å². The van der Waals surface area contributed by atoms with E-state index in [-0.39, 0.29) is 5.91 Å². The molecule has 0 fully saturated rings. The highest BCUT2D eigenvalue weighted by atomic mass is 16.2. The molecule has 2 aromatic heterocycles. The Labute approximate surface area is 147 Å². The molecule has 0 saturated carbocycles. The van der Waals surface area contributed by atoms with Gasteiger partial charge in [0.05, 0.1) is 6.54 Å². The minimum absolute atomic E-state index is 0.0512. The molecule has 1 amide bonds. The number of amides is 1. The number of benzene rings is 1. The molecule has 128 valence electrons. The summed E-state index contributed by atoms with van der Waals surface area (Å²) < 4.78 is 2.24. The fourth-order valence-electron chi connectivity index (χ4n) is 2.90. The van der Waals surface area contributed by atoms with E-state index in [1.807, 2.05) is 25.2 Å². The smallest absolute Gasteiger partial charge is 0.246 e. The number of likely N-dealkylation sites (N-methyl/N-ethyl adjacent to an activating group) is 1. The van der Waals surface area contributed by atoms with Gasteiger partial charge >= 0.3 is 0 Å². The van der Waals surface area contributed by atoms with Gasteiger partial charge in [0, 0.05) is 37.1 Å². The first-order valence-corrected chi connectivity index (χ1v) is 8.30. The van der Waals surface area contributed by atoms with Crippen molar-refractivity contribution in [3.63, 3.8) is 0 Å². The van der Waals surface area contributed by atoms with Gasteiger partial charge in [-0.25, -0.2) is 4.98 Å². The summed E-state index contributed by atoms with van der Waals surface area (Å²) in [5.41, 5.74) is 8.73. The van der Waals surface area contributed by atoms with Crippen LogP contribution in [0.5, 0.6) is 0 Å². The molecule has 0 aliphatic carbocycles. The van der Waals surface area contributed by atoms with Crippen LogP contribution in [0.25, 0.3) is 17.0 Å². The Morgan fingerprint density at radius 2 is 2.08 bits per heavy atom. The number of nitrogens with zero attached hydrogens (tertiary/aromatic N) is 3. The second-order valence-corrected chi connectivity index (χ2v) is 5.98. The number of rotatable bonds is 5. The van der Waals surface area contributed by atoms with Gasteiger partial charge in [-0.3, -0.25) is 4.79 Å². The second-order valence-electron chi connectivity index (χ2n) is 5.98. The topological polar surface area (TPSA) is 64.2 Å². The second kappa shape index (κ2) is 7.21. The van der Waals surface area contributed by atoms with E-state index in [1.165, 1.54) is 10.9 Å². The molecule has 25 heavy (non-hydrogen) atoms. The summed E-state index contributed by atoms with van der Waals surface area (Å²) in [6.45, 7) is 3.55. The average Bonchev–Trinajstić information content (AvgIpc) is 2.97. The number of anilines is 1. The number of carbonyl (C=O) groups excluding carboxylic acids is 1. The first kappa shape index (κ1) is 16.8. The first-order chi connectivity index (χ1) is 12.1. The lowest BCUT2D eigenvalue weighted by atomic mass is 10.2. The third-order valence-electron chi connectivity index (χ3n) is 4.22. The van der Waals surface area contributed by atoms with Gasteiger partial charge in [-0.05, 0) is 48.2 Å². The molecular formula is C20H22N4O.